The lowest BCUT2D eigenvalue weighted by Crippen LogP contribution is -2.33. The summed E-state index contributed by atoms with van der Waals surface area (Å²) >= 11 is 9.76. The predicted molar refractivity (Wildman–Crippen MR) is 94.1 cm³/mol. The molecular weight excluding hydrogens is 346 g/mol. The van der Waals surface area contributed by atoms with Gasteiger partial charge in [0.15, 0.2) is 0 Å². The van der Waals surface area contributed by atoms with Crippen molar-refractivity contribution in [3.8, 4) is 0 Å². The summed E-state index contributed by atoms with van der Waals surface area (Å²) in [7, 11) is 0. The molecular formula is C18H19BrClN. The third kappa shape index (κ3) is 2.97. The minimum atomic E-state index is 0.204. The maximum Gasteiger partial charge on any atom is 0.0567 e. The lowest BCUT2D eigenvalue weighted by atomic mass is 9.70. The number of halogens is 2. The number of hydrogen-bond donors (Lipinski definition) is 1. The van der Waals surface area contributed by atoms with E-state index in [0.29, 0.717) is 0 Å². The van der Waals surface area contributed by atoms with E-state index in [4.69, 9.17) is 11.6 Å². The summed E-state index contributed by atoms with van der Waals surface area (Å²) in [6.07, 6.45) is 2.33. The highest BCUT2D eigenvalue weighted by atomic mass is 79.9. The first-order valence-electron chi connectivity index (χ1n) is 7.27. The van der Waals surface area contributed by atoms with Gasteiger partial charge in [-0.15, -0.1) is 0 Å². The highest BCUT2D eigenvalue weighted by molar-refractivity contribution is 9.10. The third-order valence-electron chi connectivity index (χ3n) is 4.41. The van der Waals surface area contributed by atoms with E-state index in [1.807, 2.05) is 18.2 Å². The van der Waals surface area contributed by atoms with Crippen LogP contribution >= 0.6 is 27.5 Å². The van der Waals surface area contributed by atoms with Crippen LogP contribution in [0.3, 0.4) is 0 Å². The predicted octanol–water partition coefficient (Wildman–Crippen LogP) is 6.23. The standard InChI is InChI=1S/C18H19BrClN/c1-18(2)10-9-12-5-3-4-6-14(12)17(18)21-16-11-13(20)7-8-15(16)19/h3-8,11,17,21H,9-10H2,1-2H3. The monoisotopic (exact) mass is 363 g/mol. The summed E-state index contributed by atoms with van der Waals surface area (Å²) < 4.78 is 1.05. The Morgan fingerprint density at radius 2 is 1.95 bits per heavy atom. The minimum absolute atomic E-state index is 0.204. The van der Waals surface area contributed by atoms with E-state index >= 15 is 0 Å². The van der Waals surface area contributed by atoms with E-state index in [2.05, 4.69) is 59.4 Å². The quantitative estimate of drug-likeness (QED) is 0.666. The van der Waals surface area contributed by atoms with E-state index in [0.717, 1.165) is 21.6 Å². The Hall–Kier alpha value is -0.990. The van der Waals surface area contributed by atoms with Crippen LogP contribution < -0.4 is 5.32 Å². The summed E-state index contributed by atoms with van der Waals surface area (Å²) in [6.45, 7) is 4.66. The van der Waals surface area contributed by atoms with E-state index < -0.39 is 0 Å². The van der Waals surface area contributed by atoms with Crippen LogP contribution in [0, 0.1) is 5.41 Å². The molecule has 0 spiro atoms. The number of rotatable bonds is 2. The van der Waals surface area contributed by atoms with Crippen molar-refractivity contribution in [1.82, 2.24) is 0 Å². The zero-order valence-electron chi connectivity index (χ0n) is 12.3. The van der Waals surface area contributed by atoms with Crippen LogP contribution in [-0.4, -0.2) is 0 Å². The Balaban J connectivity index is 2.01. The number of aryl methyl sites for hydroxylation is 1. The fraction of sp³-hybridized carbons (Fsp3) is 0.333. The minimum Gasteiger partial charge on any atom is -0.377 e. The van der Waals surface area contributed by atoms with Crippen LogP contribution in [0.15, 0.2) is 46.9 Å². The van der Waals surface area contributed by atoms with Gasteiger partial charge in [0, 0.05) is 9.50 Å². The summed E-state index contributed by atoms with van der Waals surface area (Å²) in [5, 5.41) is 4.46. The molecule has 0 fully saturated rings. The Morgan fingerprint density at radius 1 is 1.19 bits per heavy atom. The SMILES string of the molecule is CC1(C)CCc2ccccc2C1Nc1cc(Cl)ccc1Br. The van der Waals surface area contributed by atoms with Crippen LogP contribution in [0.4, 0.5) is 5.69 Å². The fourth-order valence-corrected chi connectivity index (χ4v) is 3.64. The van der Waals surface area contributed by atoms with Gasteiger partial charge in [-0.2, -0.15) is 0 Å². The van der Waals surface area contributed by atoms with Gasteiger partial charge in [0.05, 0.1) is 11.7 Å². The van der Waals surface area contributed by atoms with Gasteiger partial charge >= 0.3 is 0 Å². The smallest absolute Gasteiger partial charge is 0.0567 e. The van der Waals surface area contributed by atoms with Crippen molar-refractivity contribution in [3.05, 3.63) is 63.1 Å². The maximum atomic E-state index is 6.14. The fourth-order valence-electron chi connectivity index (χ4n) is 3.10. The molecule has 21 heavy (non-hydrogen) atoms. The average molecular weight is 365 g/mol. The first-order chi connectivity index (χ1) is 9.97. The van der Waals surface area contributed by atoms with E-state index in [9.17, 15) is 0 Å². The second kappa shape index (κ2) is 5.66. The van der Waals surface area contributed by atoms with Crippen molar-refractivity contribution in [3.63, 3.8) is 0 Å². The largest absolute Gasteiger partial charge is 0.377 e. The molecule has 1 nitrogen and oxygen atoms in total. The molecule has 0 saturated carbocycles. The van der Waals surface area contributed by atoms with Crippen LogP contribution in [0.2, 0.25) is 5.02 Å². The van der Waals surface area contributed by atoms with Crippen molar-refractivity contribution >= 4 is 33.2 Å². The van der Waals surface area contributed by atoms with Crippen molar-refractivity contribution < 1.29 is 0 Å². The molecule has 1 atom stereocenters. The van der Waals surface area contributed by atoms with E-state index in [1.54, 1.807) is 0 Å². The van der Waals surface area contributed by atoms with Crippen molar-refractivity contribution in [2.24, 2.45) is 5.41 Å². The molecule has 2 aromatic rings. The first kappa shape index (κ1) is 14.9. The average Bonchev–Trinajstić information content (AvgIpc) is 2.46. The molecule has 2 aromatic carbocycles. The van der Waals surface area contributed by atoms with Crippen LogP contribution in [0.25, 0.3) is 0 Å². The number of anilines is 1. The summed E-state index contributed by atoms with van der Waals surface area (Å²) in [5.74, 6) is 0. The number of benzene rings is 2. The van der Waals surface area contributed by atoms with Crippen LogP contribution in [0.5, 0.6) is 0 Å². The van der Waals surface area contributed by atoms with Crippen molar-refractivity contribution in [2.45, 2.75) is 32.7 Å². The highest BCUT2D eigenvalue weighted by Crippen LogP contribution is 2.46. The topological polar surface area (TPSA) is 12.0 Å². The second-order valence-corrected chi connectivity index (χ2v) is 7.68. The second-order valence-electron chi connectivity index (χ2n) is 6.39. The maximum absolute atomic E-state index is 6.14. The summed E-state index contributed by atoms with van der Waals surface area (Å²) in [4.78, 5) is 0. The molecule has 1 N–H and O–H groups in total. The molecule has 0 aromatic heterocycles. The molecule has 1 aliphatic carbocycles. The Morgan fingerprint density at radius 3 is 2.76 bits per heavy atom. The molecule has 3 rings (SSSR count). The summed E-state index contributed by atoms with van der Waals surface area (Å²) in [5.41, 5.74) is 4.11. The van der Waals surface area contributed by atoms with E-state index in [1.165, 1.54) is 17.5 Å². The third-order valence-corrected chi connectivity index (χ3v) is 5.34. The lowest BCUT2D eigenvalue weighted by molar-refractivity contribution is 0.265. The molecule has 3 heteroatoms. The van der Waals surface area contributed by atoms with Crippen LogP contribution in [0.1, 0.15) is 37.4 Å². The van der Waals surface area contributed by atoms with Crippen molar-refractivity contribution in [1.29, 1.82) is 0 Å². The number of fused-ring (bicyclic) bond motifs is 1. The Labute approximate surface area is 139 Å². The first-order valence-corrected chi connectivity index (χ1v) is 8.44. The van der Waals surface area contributed by atoms with Gasteiger partial charge in [-0.1, -0.05) is 49.7 Å². The van der Waals surface area contributed by atoms with Gasteiger partial charge in [0.25, 0.3) is 0 Å². The molecule has 0 heterocycles. The highest BCUT2D eigenvalue weighted by Gasteiger charge is 2.35. The molecule has 0 amide bonds. The molecule has 1 unspecified atom stereocenters. The van der Waals surface area contributed by atoms with Gasteiger partial charge in [0.1, 0.15) is 0 Å². The Bertz CT molecular complexity index is 666. The molecule has 1 aliphatic rings. The van der Waals surface area contributed by atoms with Crippen LogP contribution in [-0.2, 0) is 6.42 Å². The number of nitrogens with one attached hydrogen (secondary N) is 1. The van der Waals surface area contributed by atoms with Gasteiger partial charge in [-0.05, 0) is 63.5 Å². The van der Waals surface area contributed by atoms with Gasteiger partial charge in [0.2, 0.25) is 0 Å². The lowest BCUT2D eigenvalue weighted by Gasteiger charge is -2.41. The van der Waals surface area contributed by atoms with Crippen molar-refractivity contribution in [2.75, 3.05) is 5.32 Å². The zero-order valence-corrected chi connectivity index (χ0v) is 14.6. The Kier molecular flexibility index (Phi) is 4.02. The number of hydrogen-bond acceptors (Lipinski definition) is 1. The normalized spacial score (nSPS) is 19.9. The van der Waals surface area contributed by atoms with Gasteiger partial charge < -0.3 is 5.32 Å². The summed E-state index contributed by atoms with van der Waals surface area (Å²) in [6, 6.07) is 14.9. The molecule has 0 aliphatic heterocycles. The molecule has 0 radical (unpaired) electrons. The van der Waals surface area contributed by atoms with Gasteiger partial charge in [-0.3, -0.25) is 0 Å². The van der Waals surface area contributed by atoms with Gasteiger partial charge in [-0.25, -0.2) is 0 Å². The molecule has 0 saturated heterocycles. The molecule has 0 bridgehead atoms. The zero-order chi connectivity index (χ0) is 15.0. The van der Waals surface area contributed by atoms with E-state index in [-0.39, 0.29) is 11.5 Å². The molecule has 110 valence electrons.